The topological polar surface area (TPSA) is 94.7 Å². The molecule has 0 spiro atoms. The standard InChI is InChI=1S/C6H10N6/c7-4-3-5(8)11-1-2-12(9)6(11)10-4/h1-2,5,7H,3,8-9H2. The summed E-state index contributed by atoms with van der Waals surface area (Å²) < 4.78 is 0. The van der Waals surface area contributed by atoms with Gasteiger partial charge in [-0.05, 0) is 0 Å². The van der Waals surface area contributed by atoms with Gasteiger partial charge < -0.3 is 5.73 Å². The van der Waals surface area contributed by atoms with Crippen molar-refractivity contribution in [1.82, 2.24) is 9.91 Å². The number of hydrogen-bond donors (Lipinski definition) is 3. The highest BCUT2D eigenvalue weighted by molar-refractivity contribution is 5.98. The Morgan fingerprint density at radius 2 is 2.33 bits per heavy atom. The van der Waals surface area contributed by atoms with E-state index in [1.165, 1.54) is 5.01 Å². The van der Waals surface area contributed by atoms with Crippen LogP contribution in [0.25, 0.3) is 0 Å². The number of hydrazine groups is 1. The first-order valence-electron chi connectivity index (χ1n) is 3.61. The molecule has 6 nitrogen and oxygen atoms in total. The van der Waals surface area contributed by atoms with Crippen LogP contribution < -0.4 is 11.6 Å². The lowest BCUT2D eigenvalue weighted by Gasteiger charge is -2.29. The van der Waals surface area contributed by atoms with E-state index in [2.05, 4.69) is 4.99 Å². The van der Waals surface area contributed by atoms with Crippen molar-refractivity contribution in [3.05, 3.63) is 12.4 Å². The highest BCUT2D eigenvalue weighted by atomic mass is 15.6. The van der Waals surface area contributed by atoms with Crippen molar-refractivity contribution >= 4 is 11.8 Å². The van der Waals surface area contributed by atoms with E-state index in [9.17, 15) is 0 Å². The maximum atomic E-state index is 7.36. The fraction of sp³-hybridized carbons (Fsp3) is 0.333. The smallest absolute Gasteiger partial charge is 0.227 e. The Bertz CT molecular complexity index is 280. The SMILES string of the molecule is N=C1CC(N)N2C=CN(N)C2=N1. The van der Waals surface area contributed by atoms with Crippen LogP contribution in [0.3, 0.4) is 0 Å². The van der Waals surface area contributed by atoms with Crippen molar-refractivity contribution in [2.45, 2.75) is 12.6 Å². The third-order valence-electron chi connectivity index (χ3n) is 1.84. The van der Waals surface area contributed by atoms with Gasteiger partial charge in [0.1, 0.15) is 5.84 Å². The molecule has 0 aromatic heterocycles. The van der Waals surface area contributed by atoms with Gasteiger partial charge >= 0.3 is 0 Å². The maximum absolute atomic E-state index is 7.36. The first-order valence-corrected chi connectivity index (χ1v) is 3.61. The molecule has 64 valence electrons. The average molecular weight is 166 g/mol. The number of hydrogen-bond acceptors (Lipinski definition) is 5. The van der Waals surface area contributed by atoms with Gasteiger partial charge in [0.15, 0.2) is 0 Å². The zero-order valence-electron chi connectivity index (χ0n) is 6.44. The molecule has 0 saturated heterocycles. The zero-order valence-corrected chi connectivity index (χ0v) is 6.44. The quantitative estimate of drug-likeness (QED) is 0.401. The summed E-state index contributed by atoms with van der Waals surface area (Å²) in [4.78, 5) is 5.71. The normalized spacial score (nSPS) is 27.7. The Labute approximate surface area is 69.6 Å². The fourth-order valence-corrected chi connectivity index (χ4v) is 1.25. The van der Waals surface area contributed by atoms with Crippen LogP contribution in [0.15, 0.2) is 17.4 Å². The van der Waals surface area contributed by atoms with Crippen LogP contribution in [0.4, 0.5) is 0 Å². The minimum Gasteiger partial charge on any atom is -0.311 e. The minimum absolute atomic E-state index is 0.213. The second-order valence-electron chi connectivity index (χ2n) is 2.74. The Morgan fingerprint density at radius 1 is 1.58 bits per heavy atom. The number of rotatable bonds is 0. The van der Waals surface area contributed by atoms with Crippen LogP contribution >= 0.6 is 0 Å². The highest BCUT2D eigenvalue weighted by Gasteiger charge is 2.29. The number of fused-ring (bicyclic) bond motifs is 1. The van der Waals surface area contributed by atoms with E-state index in [1.807, 2.05) is 0 Å². The number of aliphatic imine (C=N–C) groups is 1. The lowest BCUT2D eigenvalue weighted by molar-refractivity contribution is 0.389. The summed E-state index contributed by atoms with van der Waals surface area (Å²) in [7, 11) is 0. The second kappa shape index (κ2) is 2.29. The number of nitrogens with zero attached hydrogens (tertiary/aromatic N) is 3. The largest absolute Gasteiger partial charge is 0.311 e. The molecule has 2 aliphatic heterocycles. The van der Waals surface area contributed by atoms with Gasteiger partial charge in [-0.25, -0.2) is 5.84 Å². The summed E-state index contributed by atoms with van der Waals surface area (Å²) in [6.45, 7) is 0. The minimum atomic E-state index is -0.213. The predicted molar refractivity (Wildman–Crippen MR) is 44.8 cm³/mol. The number of guanidine groups is 1. The van der Waals surface area contributed by atoms with Gasteiger partial charge in [-0.15, -0.1) is 0 Å². The molecule has 0 saturated carbocycles. The number of amidine groups is 1. The molecule has 5 N–H and O–H groups in total. The van der Waals surface area contributed by atoms with Crippen molar-refractivity contribution in [3.63, 3.8) is 0 Å². The van der Waals surface area contributed by atoms with Crippen molar-refractivity contribution in [2.24, 2.45) is 16.6 Å². The predicted octanol–water partition coefficient (Wildman–Crippen LogP) is -1.03. The molecular formula is C6H10N6. The second-order valence-corrected chi connectivity index (χ2v) is 2.74. The maximum Gasteiger partial charge on any atom is 0.227 e. The number of nitrogens with one attached hydrogen (secondary N) is 1. The summed E-state index contributed by atoms with van der Waals surface area (Å²) in [5.74, 6) is 6.33. The highest BCUT2D eigenvalue weighted by Crippen LogP contribution is 2.15. The van der Waals surface area contributed by atoms with Gasteiger partial charge in [0, 0.05) is 18.8 Å². The molecular weight excluding hydrogens is 156 g/mol. The Kier molecular flexibility index (Phi) is 1.39. The molecule has 0 bridgehead atoms. The summed E-state index contributed by atoms with van der Waals surface area (Å²) in [6.07, 6.45) is 3.67. The Morgan fingerprint density at radius 3 is 3.08 bits per heavy atom. The van der Waals surface area contributed by atoms with E-state index in [4.69, 9.17) is 17.0 Å². The Balaban J connectivity index is 2.35. The third-order valence-corrected chi connectivity index (χ3v) is 1.84. The van der Waals surface area contributed by atoms with Crippen molar-refractivity contribution in [1.29, 1.82) is 5.41 Å². The van der Waals surface area contributed by atoms with E-state index in [-0.39, 0.29) is 12.0 Å². The lowest BCUT2D eigenvalue weighted by atomic mass is 10.3. The van der Waals surface area contributed by atoms with E-state index in [0.717, 1.165) is 0 Å². The van der Waals surface area contributed by atoms with E-state index in [1.54, 1.807) is 17.3 Å². The summed E-state index contributed by atoms with van der Waals surface area (Å²) in [6, 6.07) is 0. The molecule has 2 rings (SSSR count). The number of nitrogens with two attached hydrogens (primary N) is 2. The molecule has 6 heteroatoms. The molecule has 12 heavy (non-hydrogen) atoms. The molecule has 1 unspecified atom stereocenters. The lowest BCUT2D eigenvalue weighted by Crippen LogP contribution is -2.50. The molecule has 0 radical (unpaired) electrons. The van der Waals surface area contributed by atoms with Crippen LogP contribution in [0.5, 0.6) is 0 Å². The van der Waals surface area contributed by atoms with Crippen molar-refractivity contribution in [2.75, 3.05) is 0 Å². The zero-order chi connectivity index (χ0) is 8.72. The monoisotopic (exact) mass is 166 g/mol. The van der Waals surface area contributed by atoms with E-state index < -0.39 is 0 Å². The van der Waals surface area contributed by atoms with Crippen molar-refractivity contribution < 1.29 is 0 Å². The molecule has 0 amide bonds. The van der Waals surface area contributed by atoms with Crippen LogP contribution in [-0.2, 0) is 0 Å². The Hall–Kier alpha value is -1.40. The average Bonchev–Trinajstić information content (AvgIpc) is 2.33. The summed E-state index contributed by atoms with van der Waals surface area (Å²) in [5.41, 5.74) is 5.74. The van der Waals surface area contributed by atoms with E-state index >= 15 is 0 Å². The van der Waals surface area contributed by atoms with Crippen LogP contribution in [0.2, 0.25) is 0 Å². The van der Waals surface area contributed by atoms with Gasteiger partial charge in [0.2, 0.25) is 5.96 Å². The van der Waals surface area contributed by atoms with Gasteiger partial charge in [0.05, 0.1) is 6.17 Å². The van der Waals surface area contributed by atoms with Crippen LogP contribution in [0.1, 0.15) is 6.42 Å². The third kappa shape index (κ3) is 0.892. The molecule has 0 aromatic rings. The van der Waals surface area contributed by atoms with E-state index in [0.29, 0.717) is 12.4 Å². The molecule has 2 heterocycles. The molecule has 0 aromatic carbocycles. The molecule has 0 aliphatic carbocycles. The first-order chi connectivity index (χ1) is 5.68. The molecule has 0 fully saturated rings. The first kappa shape index (κ1) is 7.26. The van der Waals surface area contributed by atoms with Crippen molar-refractivity contribution in [3.8, 4) is 0 Å². The summed E-state index contributed by atoms with van der Waals surface area (Å²) >= 11 is 0. The van der Waals surface area contributed by atoms with Crippen LogP contribution in [0, 0.1) is 5.41 Å². The van der Waals surface area contributed by atoms with Gasteiger partial charge in [-0.2, -0.15) is 4.99 Å². The van der Waals surface area contributed by atoms with Crippen LogP contribution in [-0.4, -0.2) is 27.9 Å². The fourth-order valence-electron chi connectivity index (χ4n) is 1.25. The summed E-state index contributed by atoms with van der Waals surface area (Å²) in [5, 5.41) is 8.71. The van der Waals surface area contributed by atoms with Gasteiger partial charge in [0.25, 0.3) is 0 Å². The van der Waals surface area contributed by atoms with Gasteiger partial charge in [-0.1, -0.05) is 0 Å². The molecule has 2 aliphatic rings. The van der Waals surface area contributed by atoms with Gasteiger partial charge in [-0.3, -0.25) is 15.3 Å². The molecule has 1 atom stereocenters.